The smallest absolute Gasteiger partial charge is 0.0900 e. The van der Waals surface area contributed by atoms with E-state index in [0.717, 1.165) is 27.1 Å². The van der Waals surface area contributed by atoms with Crippen LogP contribution in [0.4, 0.5) is 11.4 Å². The van der Waals surface area contributed by atoms with Crippen LogP contribution in [-0.2, 0) is 0 Å². The van der Waals surface area contributed by atoms with Crippen molar-refractivity contribution in [1.29, 1.82) is 0 Å². The van der Waals surface area contributed by atoms with Gasteiger partial charge >= 0.3 is 0 Å². The first-order valence-corrected chi connectivity index (χ1v) is 7.75. The minimum atomic E-state index is 0.225. The molecule has 0 amide bonds. The SMILES string of the molecule is Cc1nc(C)c(C(C)Nc2ccc(N(C)C)c(Cl)c2)s1. The summed E-state index contributed by atoms with van der Waals surface area (Å²) in [4.78, 5) is 7.75. The van der Waals surface area contributed by atoms with Gasteiger partial charge in [0.05, 0.1) is 27.5 Å². The highest BCUT2D eigenvalue weighted by molar-refractivity contribution is 7.11. The normalized spacial score (nSPS) is 12.3. The van der Waals surface area contributed by atoms with Crippen LogP contribution in [0.15, 0.2) is 18.2 Å². The standard InChI is InChI=1S/C15H20ClN3S/c1-9-15(20-11(3)17-9)10(2)18-12-6-7-14(19(4)5)13(16)8-12/h6-8,10,18H,1-5H3. The molecule has 0 aliphatic rings. The summed E-state index contributed by atoms with van der Waals surface area (Å²) in [5.74, 6) is 0. The molecule has 1 aromatic heterocycles. The molecule has 1 unspecified atom stereocenters. The Hall–Kier alpha value is -1.26. The number of hydrogen-bond acceptors (Lipinski definition) is 4. The zero-order chi connectivity index (χ0) is 14.9. The first-order valence-electron chi connectivity index (χ1n) is 6.56. The molecule has 2 aromatic rings. The summed E-state index contributed by atoms with van der Waals surface area (Å²) in [6, 6.07) is 6.28. The fourth-order valence-electron chi connectivity index (χ4n) is 2.22. The van der Waals surface area contributed by atoms with Crippen molar-refractivity contribution in [2.24, 2.45) is 0 Å². The highest BCUT2D eigenvalue weighted by Gasteiger charge is 2.13. The molecule has 2 rings (SSSR count). The lowest BCUT2D eigenvalue weighted by Gasteiger charge is -2.18. The zero-order valence-corrected chi connectivity index (χ0v) is 14.1. The minimum Gasteiger partial charge on any atom is -0.378 e. The van der Waals surface area contributed by atoms with Gasteiger partial charge in [0, 0.05) is 24.7 Å². The third kappa shape index (κ3) is 3.25. The van der Waals surface area contributed by atoms with Crippen molar-refractivity contribution in [3.8, 4) is 0 Å². The fraction of sp³-hybridized carbons (Fsp3) is 0.400. The first kappa shape index (κ1) is 15.1. The Morgan fingerprint density at radius 3 is 2.50 bits per heavy atom. The molecule has 3 nitrogen and oxygen atoms in total. The van der Waals surface area contributed by atoms with E-state index < -0.39 is 0 Å². The van der Waals surface area contributed by atoms with Gasteiger partial charge in [-0.3, -0.25) is 0 Å². The van der Waals surface area contributed by atoms with Gasteiger partial charge in [0.15, 0.2) is 0 Å². The highest BCUT2D eigenvalue weighted by Crippen LogP contribution is 2.31. The molecule has 0 bridgehead atoms. The number of hydrogen-bond donors (Lipinski definition) is 1. The van der Waals surface area contributed by atoms with Crippen LogP contribution in [0, 0.1) is 13.8 Å². The molecule has 1 atom stereocenters. The summed E-state index contributed by atoms with van der Waals surface area (Å²) in [7, 11) is 3.97. The number of nitrogens with one attached hydrogen (secondary N) is 1. The summed E-state index contributed by atoms with van der Waals surface area (Å²) in [5, 5.41) is 5.34. The van der Waals surface area contributed by atoms with Crippen molar-refractivity contribution < 1.29 is 0 Å². The molecule has 1 heterocycles. The minimum absolute atomic E-state index is 0.225. The van der Waals surface area contributed by atoms with Gasteiger partial charge in [-0.25, -0.2) is 4.98 Å². The maximum Gasteiger partial charge on any atom is 0.0900 e. The topological polar surface area (TPSA) is 28.2 Å². The number of thiazole rings is 1. The number of rotatable bonds is 4. The molecular weight excluding hydrogens is 290 g/mol. The third-order valence-electron chi connectivity index (χ3n) is 3.15. The Kier molecular flexibility index (Phi) is 4.55. The Morgan fingerprint density at radius 1 is 1.30 bits per heavy atom. The second-order valence-electron chi connectivity index (χ2n) is 5.11. The van der Waals surface area contributed by atoms with Crippen LogP contribution in [0.3, 0.4) is 0 Å². The lowest BCUT2D eigenvalue weighted by molar-refractivity contribution is 0.890. The van der Waals surface area contributed by atoms with Crippen molar-refractivity contribution in [3.05, 3.63) is 38.8 Å². The number of anilines is 2. The highest BCUT2D eigenvalue weighted by atomic mass is 35.5. The van der Waals surface area contributed by atoms with Crippen LogP contribution in [0.2, 0.25) is 5.02 Å². The van der Waals surface area contributed by atoms with Gasteiger partial charge in [-0.05, 0) is 39.0 Å². The van der Waals surface area contributed by atoms with E-state index in [-0.39, 0.29) is 6.04 Å². The van der Waals surface area contributed by atoms with Gasteiger partial charge in [0.1, 0.15) is 0 Å². The van der Waals surface area contributed by atoms with Crippen LogP contribution in [0.25, 0.3) is 0 Å². The van der Waals surface area contributed by atoms with Crippen LogP contribution >= 0.6 is 22.9 Å². The number of aryl methyl sites for hydroxylation is 2. The first-order chi connectivity index (χ1) is 9.38. The van der Waals surface area contributed by atoms with Crippen molar-refractivity contribution in [3.63, 3.8) is 0 Å². The lowest BCUT2D eigenvalue weighted by atomic mass is 10.2. The molecule has 0 aliphatic heterocycles. The molecule has 0 spiro atoms. The molecule has 1 N–H and O–H groups in total. The van der Waals surface area contributed by atoms with Gasteiger partial charge in [-0.1, -0.05) is 11.6 Å². The van der Waals surface area contributed by atoms with Crippen LogP contribution in [0.5, 0.6) is 0 Å². The number of nitrogens with zero attached hydrogens (tertiary/aromatic N) is 2. The number of benzene rings is 1. The number of halogens is 1. The molecule has 0 fully saturated rings. The van der Waals surface area contributed by atoms with E-state index in [0.29, 0.717) is 0 Å². The quantitative estimate of drug-likeness (QED) is 0.891. The summed E-state index contributed by atoms with van der Waals surface area (Å²) in [5.41, 5.74) is 3.15. The van der Waals surface area contributed by atoms with E-state index in [1.165, 1.54) is 4.88 Å². The summed E-state index contributed by atoms with van der Waals surface area (Å²) >= 11 is 8.04. The molecule has 1 aromatic carbocycles. The van der Waals surface area contributed by atoms with E-state index in [9.17, 15) is 0 Å². The fourth-order valence-corrected chi connectivity index (χ4v) is 3.50. The molecule has 0 saturated carbocycles. The van der Waals surface area contributed by atoms with Crippen molar-refractivity contribution in [2.75, 3.05) is 24.3 Å². The predicted molar refractivity (Wildman–Crippen MR) is 89.4 cm³/mol. The van der Waals surface area contributed by atoms with Crippen LogP contribution in [-0.4, -0.2) is 19.1 Å². The lowest BCUT2D eigenvalue weighted by Crippen LogP contribution is -2.10. The summed E-state index contributed by atoms with van der Waals surface area (Å²) < 4.78 is 0. The molecule has 5 heteroatoms. The third-order valence-corrected chi connectivity index (χ3v) is 4.70. The van der Waals surface area contributed by atoms with Gasteiger partial charge in [-0.2, -0.15) is 0 Å². The Labute approximate surface area is 129 Å². The van der Waals surface area contributed by atoms with Crippen LogP contribution in [0.1, 0.15) is 28.5 Å². The van der Waals surface area contributed by atoms with E-state index >= 15 is 0 Å². The Balaban J connectivity index is 2.18. The van der Waals surface area contributed by atoms with Crippen molar-refractivity contribution >= 4 is 34.3 Å². The molecule has 0 radical (unpaired) electrons. The average molecular weight is 310 g/mol. The van der Waals surface area contributed by atoms with E-state index in [4.69, 9.17) is 11.6 Å². The average Bonchev–Trinajstić information content (AvgIpc) is 2.68. The van der Waals surface area contributed by atoms with Gasteiger partial charge < -0.3 is 10.2 Å². The van der Waals surface area contributed by atoms with Gasteiger partial charge in [0.2, 0.25) is 0 Å². The zero-order valence-electron chi connectivity index (χ0n) is 12.5. The Morgan fingerprint density at radius 2 is 2.00 bits per heavy atom. The maximum absolute atomic E-state index is 6.30. The molecular formula is C15H20ClN3S. The molecule has 108 valence electrons. The predicted octanol–water partition coefficient (Wildman–Crippen LogP) is 4.65. The number of aromatic nitrogens is 1. The monoisotopic (exact) mass is 309 g/mol. The molecule has 0 aliphatic carbocycles. The largest absolute Gasteiger partial charge is 0.378 e. The molecule has 20 heavy (non-hydrogen) atoms. The second kappa shape index (κ2) is 6.02. The summed E-state index contributed by atoms with van der Waals surface area (Å²) in [6.45, 7) is 6.24. The summed E-state index contributed by atoms with van der Waals surface area (Å²) in [6.07, 6.45) is 0. The molecule has 0 saturated heterocycles. The Bertz CT molecular complexity index is 607. The maximum atomic E-state index is 6.30. The van der Waals surface area contributed by atoms with E-state index in [1.54, 1.807) is 11.3 Å². The van der Waals surface area contributed by atoms with Crippen molar-refractivity contribution in [1.82, 2.24) is 4.98 Å². The van der Waals surface area contributed by atoms with E-state index in [2.05, 4.69) is 30.2 Å². The van der Waals surface area contributed by atoms with E-state index in [1.807, 2.05) is 38.1 Å². The van der Waals surface area contributed by atoms with Gasteiger partial charge in [-0.15, -0.1) is 11.3 Å². The second-order valence-corrected chi connectivity index (χ2v) is 6.75. The van der Waals surface area contributed by atoms with Crippen molar-refractivity contribution in [2.45, 2.75) is 26.8 Å². The van der Waals surface area contributed by atoms with Gasteiger partial charge in [0.25, 0.3) is 0 Å². The van der Waals surface area contributed by atoms with Crippen LogP contribution < -0.4 is 10.2 Å².